The standard InChI is InChI=1S/C9H14O4/c10-3-1-8-7-11-4-2-9(8)12-5-6-13-9/h3,8H,1-2,4-7H2/t8-/m1/s1. The Morgan fingerprint density at radius 1 is 1.31 bits per heavy atom. The fourth-order valence-corrected chi connectivity index (χ4v) is 1.99. The van der Waals surface area contributed by atoms with Crippen LogP contribution in [0.4, 0.5) is 0 Å². The van der Waals surface area contributed by atoms with Gasteiger partial charge in [0.15, 0.2) is 5.79 Å². The third-order valence-electron chi connectivity index (χ3n) is 2.69. The minimum Gasteiger partial charge on any atom is -0.381 e. The lowest BCUT2D eigenvalue weighted by Gasteiger charge is -2.38. The molecule has 0 aromatic heterocycles. The maximum Gasteiger partial charge on any atom is 0.176 e. The van der Waals surface area contributed by atoms with Crippen LogP contribution < -0.4 is 0 Å². The summed E-state index contributed by atoms with van der Waals surface area (Å²) in [6.45, 7) is 2.50. The molecule has 0 radical (unpaired) electrons. The zero-order valence-corrected chi connectivity index (χ0v) is 7.53. The van der Waals surface area contributed by atoms with Gasteiger partial charge in [0.2, 0.25) is 0 Å². The summed E-state index contributed by atoms with van der Waals surface area (Å²) in [4.78, 5) is 10.4. The Labute approximate surface area is 77.1 Å². The lowest BCUT2D eigenvalue weighted by Crippen LogP contribution is -2.46. The van der Waals surface area contributed by atoms with Gasteiger partial charge in [-0.25, -0.2) is 0 Å². The molecule has 74 valence electrons. The number of carbonyl (C=O) groups excluding carboxylic acids is 1. The van der Waals surface area contributed by atoms with Crippen molar-refractivity contribution in [3.63, 3.8) is 0 Å². The van der Waals surface area contributed by atoms with Crippen LogP contribution in [0.3, 0.4) is 0 Å². The van der Waals surface area contributed by atoms with E-state index in [0.29, 0.717) is 32.8 Å². The van der Waals surface area contributed by atoms with Crippen molar-refractivity contribution in [3.8, 4) is 0 Å². The van der Waals surface area contributed by atoms with Crippen LogP contribution in [0.2, 0.25) is 0 Å². The molecule has 0 aromatic rings. The van der Waals surface area contributed by atoms with E-state index in [1.54, 1.807) is 0 Å². The van der Waals surface area contributed by atoms with E-state index in [1.807, 2.05) is 0 Å². The average molecular weight is 186 g/mol. The van der Waals surface area contributed by atoms with E-state index < -0.39 is 5.79 Å². The van der Waals surface area contributed by atoms with E-state index in [2.05, 4.69) is 0 Å². The quantitative estimate of drug-likeness (QED) is 0.584. The Morgan fingerprint density at radius 3 is 2.77 bits per heavy atom. The maximum absolute atomic E-state index is 10.4. The van der Waals surface area contributed by atoms with Crippen molar-refractivity contribution in [3.05, 3.63) is 0 Å². The second kappa shape index (κ2) is 3.74. The number of rotatable bonds is 2. The summed E-state index contributed by atoms with van der Waals surface area (Å²) >= 11 is 0. The van der Waals surface area contributed by atoms with Gasteiger partial charge < -0.3 is 19.0 Å². The molecule has 0 saturated carbocycles. The Bertz CT molecular complexity index is 186. The molecule has 13 heavy (non-hydrogen) atoms. The van der Waals surface area contributed by atoms with Crippen molar-refractivity contribution >= 4 is 6.29 Å². The number of ether oxygens (including phenoxy) is 3. The van der Waals surface area contributed by atoms with Crippen molar-refractivity contribution in [2.24, 2.45) is 5.92 Å². The van der Waals surface area contributed by atoms with Crippen molar-refractivity contribution in [2.75, 3.05) is 26.4 Å². The first-order valence-corrected chi connectivity index (χ1v) is 4.67. The van der Waals surface area contributed by atoms with Crippen LogP contribution in [0.1, 0.15) is 12.8 Å². The molecule has 0 amide bonds. The molecule has 1 spiro atoms. The average Bonchev–Trinajstić information content (AvgIpc) is 2.59. The fraction of sp³-hybridized carbons (Fsp3) is 0.889. The Kier molecular flexibility index (Phi) is 2.62. The topological polar surface area (TPSA) is 44.8 Å². The van der Waals surface area contributed by atoms with Gasteiger partial charge in [-0.2, -0.15) is 0 Å². The zero-order valence-electron chi connectivity index (χ0n) is 7.53. The van der Waals surface area contributed by atoms with E-state index in [9.17, 15) is 4.79 Å². The van der Waals surface area contributed by atoms with Crippen LogP contribution in [0.5, 0.6) is 0 Å². The van der Waals surface area contributed by atoms with Crippen LogP contribution in [-0.2, 0) is 19.0 Å². The molecule has 2 fully saturated rings. The molecule has 1 atom stereocenters. The molecule has 4 heteroatoms. The normalized spacial score (nSPS) is 32.2. The second-order valence-electron chi connectivity index (χ2n) is 3.43. The Hall–Kier alpha value is -0.450. The monoisotopic (exact) mass is 186 g/mol. The van der Waals surface area contributed by atoms with Crippen LogP contribution >= 0.6 is 0 Å². The Morgan fingerprint density at radius 2 is 2.08 bits per heavy atom. The predicted octanol–water partition coefficient (Wildman–Crippen LogP) is 0.355. The highest BCUT2D eigenvalue weighted by molar-refractivity contribution is 5.50. The van der Waals surface area contributed by atoms with Crippen molar-refractivity contribution in [1.29, 1.82) is 0 Å². The highest BCUT2D eigenvalue weighted by Gasteiger charge is 2.46. The lowest BCUT2D eigenvalue weighted by atomic mass is 9.92. The zero-order chi connectivity index (χ0) is 9.15. The number of hydrogen-bond donors (Lipinski definition) is 0. The van der Waals surface area contributed by atoms with Gasteiger partial charge in [-0.1, -0.05) is 0 Å². The third kappa shape index (κ3) is 1.61. The van der Waals surface area contributed by atoms with E-state index >= 15 is 0 Å². The molecule has 0 aromatic carbocycles. The molecule has 2 saturated heterocycles. The van der Waals surface area contributed by atoms with Gasteiger partial charge in [-0.05, 0) is 0 Å². The molecular weight excluding hydrogens is 172 g/mol. The van der Waals surface area contributed by atoms with Crippen molar-refractivity contribution < 1.29 is 19.0 Å². The molecule has 2 aliphatic heterocycles. The van der Waals surface area contributed by atoms with E-state index in [4.69, 9.17) is 14.2 Å². The molecule has 0 aliphatic carbocycles. The lowest BCUT2D eigenvalue weighted by molar-refractivity contribution is -0.239. The van der Waals surface area contributed by atoms with Gasteiger partial charge in [0.05, 0.1) is 26.4 Å². The van der Waals surface area contributed by atoms with Crippen LogP contribution in [0.15, 0.2) is 0 Å². The smallest absolute Gasteiger partial charge is 0.176 e. The molecule has 4 nitrogen and oxygen atoms in total. The van der Waals surface area contributed by atoms with Gasteiger partial charge in [0, 0.05) is 18.8 Å². The highest BCUT2D eigenvalue weighted by atomic mass is 16.7. The molecular formula is C9H14O4. The van der Waals surface area contributed by atoms with Gasteiger partial charge in [0.1, 0.15) is 6.29 Å². The van der Waals surface area contributed by atoms with Gasteiger partial charge in [-0.3, -0.25) is 0 Å². The largest absolute Gasteiger partial charge is 0.381 e. The minimum atomic E-state index is -0.515. The second-order valence-corrected chi connectivity index (χ2v) is 3.43. The summed E-state index contributed by atoms with van der Waals surface area (Å²) in [5, 5.41) is 0. The summed E-state index contributed by atoms with van der Waals surface area (Å²) < 4.78 is 16.5. The van der Waals surface area contributed by atoms with Crippen LogP contribution in [0.25, 0.3) is 0 Å². The van der Waals surface area contributed by atoms with E-state index in [1.165, 1.54) is 0 Å². The number of carbonyl (C=O) groups is 1. The highest BCUT2D eigenvalue weighted by Crippen LogP contribution is 2.36. The molecule has 2 rings (SSSR count). The molecule has 0 bridgehead atoms. The number of hydrogen-bond acceptors (Lipinski definition) is 4. The molecule has 0 unspecified atom stereocenters. The molecule has 2 heterocycles. The summed E-state index contributed by atoms with van der Waals surface area (Å²) in [7, 11) is 0. The van der Waals surface area contributed by atoms with Crippen molar-refractivity contribution in [1.82, 2.24) is 0 Å². The van der Waals surface area contributed by atoms with E-state index in [0.717, 1.165) is 12.7 Å². The first-order chi connectivity index (χ1) is 6.37. The molecule has 2 aliphatic rings. The summed E-state index contributed by atoms with van der Waals surface area (Å²) in [6.07, 6.45) is 2.11. The van der Waals surface area contributed by atoms with Gasteiger partial charge in [-0.15, -0.1) is 0 Å². The summed E-state index contributed by atoms with van der Waals surface area (Å²) in [6, 6.07) is 0. The van der Waals surface area contributed by atoms with Crippen molar-refractivity contribution in [2.45, 2.75) is 18.6 Å². The minimum absolute atomic E-state index is 0.0706. The van der Waals surface area contributed by atoms with Crippen LogP contribution in [0, 0.1) is 5.92 Å². The third-order valence-corrected chi connectivity index (χ3v) is 2.69. The summed E-state index contributed by atoms with van der Waals surface area (Å²) in [5.74, 6) is -0.444. The number of aldehydes is 1. The first kappa shape index (κ1) is 9.12. The fourth-order valence-electron chi connectivity index (χ4n) is 1.99. The predicted molar refractivity (Wildman–Crippen MR) is 44.2 cm³/mol. The van der Waals surface area contributed by atoms with E-state index in [-0.39, 0.29) is 5.92 Å². The molecule has 0 N–H and O–H groups in total. The van der Waals surface area contributed by atoms with Gasteiger partial charge >= 0.3 is 0 Å². The first-order valence-electron chi connectivity index (χ1n) is 4.67. The Balaban J connectivity index is 2.06. The maximum atomic E-state index is 10.4. The van der Waals surface area contributed by atoms with Crippen LogP contribution in [-0.4, -0.2) is 38.5 Å². The summed E-state index contributed by atoms with van der Waals surface area (Å²) in [5.41, 5.74) is 0. The van der Waals surface area contributed by atoms with Gasteiger partial charge in [0.25, 0.3) is 0 Å². The SMILES string of the molecule is O=CC[C@@H]1COCCC12OCCO2.